The second-order valence-corrected chi connectivity index (χ2v) is 3.59. The summed E-state index contributed by atoms with van der Waals surface area (Å²) in [5.74, 6) is -0.190. The molecule has 0 atom stereocenters. The third kappa shape index (κ3) is 1.63. The molecule has 5 nitrogen and oxygen atoms in total. The van der Waals surface area contributed by atoms with Gasteiger partial charge in [0.05, 0.1) is 5.56 Å². The number of nitrogens with two attached hydrogens (primary N) is 1. The van der Waals surface area contributed by atoms with Gasteiger partial charge in [0.2, 0.25) is 0 Å². The fourth-order valence-corrected chi connectivity index (χ4v) is 1.57. The minimum Gasteiger partial charge on any atom is -0.409 e. The smallest absolute Gasteiger partial charge is 0.259 e. The van der Waals surface area contributed by atoms with Gasteiger partial charge in [0, 0.05) is 5.52 Å². The third-order valence-electron chi connectivity index (χ3n) is 2.38. The van der Waals surface area contributed by atoms with Gasteiger partial charge in [0.1, 0.15) is 0 Å². The third-order valence-corrected chi connectivity index (χ3v) is 2.38. The maximum atomic E-state index is 11.6. The Hall–Kier alpha value is -2.30. The summed E-state index contributed by atoms with van der Waals surface area (Å²) in [4.78, 5) is 14.3. The molecule has 0 aliphatic heterocycles. The van der Waals surface area contributed by atoms with Crippen molar-refractivity contribution in [2.24, 2.45) is 10.9 Å². The summed E-state index contributed by atoms with van der Waals surface area (Å²) in [6.45, 7) is 1.95. The van der Waals surface area contributed by atoms with Crippen molar-refractivity contribution in [1.82, 2.24) is 4.98 Å². The van der Waals surface area contributed by atoms with Gasteiger partial charge in [-0.05, 0) is 30.5 Å². The standard InChI is InChI=1S/C11H11N3O2/c1-6-2-3-9-7(4-6)5-8(10(12)14-16)11(15)13-9/h2-5,16H,1H3,(H2,12,14)(H,13,15). The molecule has 0 aliphatic carbocycles. The number of pyridine rings is 1. The van der Waals surface area contributed by atoms with Crippen molar-refractivity contribution in [1.29, 1.82) is 0 Å². The molecule has 2 rings (SSSR count). The zero-order chi connectivity index (χ0) is 11.7. The lowest BCUT2D eigenvalue weighted by Gasteiger charge is -2.02. The molecule has 16 heavy (non-hydrogen) atoms. The SMILES string of the molecule is Cc1ccc2[nH]c(=O)c(/C(N)=N/O)cc2c1. The Morgan fingerprint density at radius 1 is 1.44 bits per heavy atom. The van der Waals surface area contributed by atoms with E-state index >= 15 is 0 Å². The molecule has 0 amide bonds. The first-order valence-corrected chi connectivity index (χ1v) is 4.73. The zero-order valence-electron chi connectivity index (χ0n) is 8.69. The average molecular weight is 217 g/mol. The number of amidine groups is 1. The molecule has 0 saturated carbocycles. The number of hydrogen-bond donors (Lipinski definition) is 3. The molecular weight excluding hydrogens is 206 g/mol. The minimum absolute atomic E-state index is 0.167. The van der Waals surface area contributed by atoms with Crippen LogP contribution in [-0.2, 0) is 0 Å². The predicted octanol–water partition coefficient (Wildman–Crippen LogP) is 0.931. The number of aryl methyl sites for hydroxylation is 1. The van der Waals surface area contributed by atoms with Gasteiger partial charge in [-0.1, -0.05) is 16.8 Å². The maximum Gasteiger partial charge on any atom is 0.259 e. The van der Waals surface area contributed by atoms with E-state index in [2.05, 4.69) is 10.1 Å². The van der Waals surface area contributed by atoms with Gasteiger partial charge in [-0.15, -0.1) is 0 Å². The van der Waals surface area contributed by atoms with Gasteiger partial charge in [-0.2, -0.15) is 0 Å². The number of aromatic amines is 1. The van der Waals surface area contributed by atoms with E-state index in [4.69, 9.17) is 10.9 Å². The summed E-state index contributed by atoms with van der Waals surface area (Å²) in [5, 5.41) is 12.2. The van der Waals surface area contributed by atoms with E-state index in [9.17, 15) is 4.79 Å². The lowest BCUT2D eigenvalue weighted by Crippen LogP contribution is -2.24. The highest BCUT2D eigenvalue weighted by Gasteiger charge is 2.06. The zero-order valence-corrected chi connectivity index (χ0v) is 8.69. The van der Waals surface area contributed by atoms with Crippen molar-refractivity contribution in [3.63, 3.8) is 0 Å². The van der Waals surface area contributed by atoms with Crippen LogP contribution < -0.4 is 11.3 Å². The van der Waals surface area contributed by atoms with E-state index in [-0.39, 0.29) is 17.0 Å². The molecule has 1 heterocycles. The summed E-state index contributed by atoms with van der Waals surface area (Å²) < 4.78 is 0. The number of aromatic nitrogens is 1. The van der Waals surface area contributed by atoms with E-state index in [1.54, 1.807) is 6.07 Å². The first kappa shape index (κ1) is 10.2. The van der Waals surface area contributed by atoms with Crippen LogP contribution in [0.25, 0.3) is 10.9 Å². The number of nitrogens with zero attached hydrogens (tertiary/aromatic N) is 1. The van der Waals surface area contributed by atoms with Gasteiger partial charge in [0.25, 0.3) is 5.56 Å². The van der Waals surface area contributed by atoms with Crippen molar-refractivity contribution < 1.29 is 5.21 Å². The fourth-order valence-electron chi connectivity index (χ4n) is 1.57. The number of oxime groups is 1. The first-order chi connectivity index (χ1) is 7.61. The van der Waals surface area contributed by atoms with Crippen LogP contribution in [0.2, 0.25) is 0 Å². The monoisotopic (exact) mass is 217 g/mol. The molecule has 0 unspecified atom stereocenters. The van der Waals surface area contributed by atoms with Crippen molar-refractivity contribution in [3.8, 4) is 0 Å². The number of hydrogen-bond acceptors (Lipinski definition) is 3. The molecule has 82 valence electrons. The number of rotatable bonds is 1. The number of benzene rings is 1. The molecule has 0 bridgehead atoms. The summed E-state index contributed by atoms with van der Waals surface area (Å²) >= 11 is 0. The van der Waals surface area contributed by atoms with Crippen molar-refractivity contribution >= 4 is 16.7 Å². The van der Waals surface area contributed by atoms with Crippen LogP contribution >= 0.6 is 0 Å². The highest BCUT2D eigenvalue weighted by atomic mass is 16.4. The van der Waals surface area contributed by atoms with Gasteiger partial charge < -0.3 is 15.9 Å². The molecule has 0 fully saturated rings. The topological polar surface area (TPSA) is 91.5 Å². The number of nitrogens with one attached hydrogen (secondary N) is 1. The quantitative estimate of drug-likeness (QED) is 0.287. The van der Waals surface area contributed by atoms with Crippen LogP contribution in [0.3, 0.4) is 0 Å². The highest BCUT2D eigenvalue weighted by Crippen LogP contribution is 2.12. The number of H-pyrrole nitrogens is 1. The maximum absolute atomic E-state index is 11.6. The molecule has 1 aromatic carbocycles. The molecule has 0 aliphatic rings. The Morgan fingerprint density at radius 3 is 2.88 bits per heavy atom. The summed E-state index contributed by atoms with van der Waals surface area (Å²) in [6.07, 6.45) is 0. The lowest BCUT2D eigenvalue weighted by molar-refractivity contribution is 0.318. The highest BCUT2D eigenvalue weighted by molar-refractivity contribution is 5.99. The summed E-state index contributed by atoms with van der Waals surface area (Å²) in [7, 11) is 0. The van der Waals surface area contributed by atoms with E-state index in [1.165, 1.54) is 0 Å². The van der Waals surface area contributed by atoms with Gasteiger partial charge >= 0.3 is 0 Å². The van der Waals surface area contributed by atoms with Crippen molar-refractivity contribution in [2.45, 2.75) is 6.92 Å². The van der Waals surface area contributed by atoms with Crippen molar-refractivity contribution in [2.75, 3.05) is 0 Å². The Balaban J connectivity index is 2.79. The minimum atomic E-state index is -0.369. The van der Waals surface area contributed by atoms with E-state index in [1.807, 2.05) is 25.1 Å². The molecule has 1 aromatic heterocycles. The van der Waals surface area contributed by atoms with Gasteiger partial charge in [0.15, 0.2) is 5.84 Å². The van der Waals surface area contributed by atoms with Crippen LogP contribution in [0.5, 0.6) is 0 Å². The predicted molar refractivity (Wildman–Crippen MR) is 61.8 cm³/mol. The number of fused-ring (bicyclic) bond motifs is 1. The van der Waals surface area contributed by atoms with Crippen LogP contribution in [0, 0.1) is 6.92 Å². The first-order valence-electron chi connectivity index (χ1n) is 4.73. The molecule has 0 radical (unpaired) electrons. The van der Waals surface area contributed by atoms with Crippen LogP contribution in [0.1, 0.15) is 11.1 Å². The van der Waals surface area contributed by atoms with Gasteiger partial charge in [-0.3, -0.25) is 4.79 Å². The Labute approximate surface area is 91.2 Å². The van der Waals surface area contributed by atoms with Crippen LogP contribution in [0.4, 0.5) is 0 Å². The van der Waals surface area contributed by atoms with Crippen LogP contribution in [0.15, 0.2) is 34.2 Å². The summed E-state index contributed by atoms with van der Waals surface area (Å²) in [6, 6.07) is 7.25. The Morgan fingerprint density at radius 2 is 2.19 bits per heavy atom. The van der Waals surface area contributed by atoms with Gasteiger partial charge in [-0.25, -0.2) is 0 Å². The molecule has 5 heteroatoms. The lowest BCUT2D eigenvalue weighted by atomic mass is 10.1. The van der Waals surface area contributed by atoms with Crippen LogP contribution in [-0.4, -0.2) is 16.0 Å². The fraction of sp³-hybridized carbons (Fsp3) is 0.0909. The van der Waals surface area contributed by atoms with E-state index in [0.29, 0.717) is 0 Å². The van der Waals surface area contributed by atoms with E-state index < -0.39 is 0 Å². The van der Waals surface area contributed by atoms with Crippen molar-refractivity contribution in [3.05, 3.63) is 45.7 Å². The Bertz CT molecular complexity index is 629. The molecule has 2 aromatic rings. The second-order valence-electron chi connectivity index (χ2n) is 3.59. The Kier molecular flexibility index (Phi) is 2.36. The second kappa shape index (κ2) is 3.69. The normalized spacial score (nSPS) is 11.9. The molecule has 0 spiro atoms. The average Bonchev–Trinajstić information content (AvgIpc) is 2.28. The largest absolute Gasteiger partial charge is 0.409 e. The van der Waals surface area contributed by atoms with E-state index in [0.717, 1.165) is 16.5 Å². The molecular formula is C11H11N3O2. The summed E-state index contributed by atoms with van der Waals surface area (Å²) in [5.41, 5.74) is 7.00. The molecule has 0 saturated heterocycles. The molecule has 4 N–H and O–H groups in total.